The summed E-state index contributed by atoms with van der Waals surface area (Å²) in [5.41, 5.74) is 0.391. The molecule has 1 aromatic rings. The van der Waals surface area contributed by atoms with Crippen LogP contribution in [0.15, 0.2) is 12.1 Å². The molecule has 0 radical (unpaired) electrons. The molecule has 0 heterocycles. The van der Waals surface area contributed by atoms with Gasteiger partial charge in [0, 0.05) is 20.6 Å². The van der Waals surface area contributed by atoms with Crippen LogP contribution >= 0.6 is 34.8 Å². The zero-order chi connectivity index (χ0) is 10.7. The summed E-state index contributed by atoms with van der Waals surface area (Å²) >= 11 is 14.6. The van der Waals surface area contributed by atoms with Crippen molar-refractivity contribution >= 4 is 46.2 Å². The van der Waals surface area contributed by atoms with Crippen LogP contribution in [0.3, 0.4) is 0 Å². The van der Waals surface area contributed by atoms with E-state index in [1.807, 2.05) is 0 Å². The Morgan fingerprint density at radius 3 is 2.21 bits per heavy atom. The largest absolute Gasteiger partial charge is 0.750 e. The Hall–Kier alpha value is 0.160. The Morgan fingerprint density at radius 2 is 1.79 bits per heavy atom. The molecule has 0 amide bonds. The molecule has 0 aliphatic carbocycles. The molecule has 1 unspecified atom stereocenters. The van der Waals surface area contributed by atoms with Crippen LogP contribution in [0, 0.1) is 0 Å². The SMILES string of the molecule is O=S([O-])OCc1c(Cl)cc(Cl)cc1Cl. The number of hydrogen-bond donors (Lipinski definition) is 0. The summed E-state index contributed by atoms with van der Waals surface area (Å²) in [6, 6.07) is 2.92. The summed E-state index contributed by atoms with van der Waals surface area (Å²) in [5.74, 6) is 0. The van der Waals surface area contributed by atoms with Gasteiger partial charge < -0.3 is 4.55 Å². The lowest BCUT2D eigenvalue weighted by atomic mass is 10.2. The highest BCUT2D eigenvalue weighted by Crippen LogP contribution is 2.29. The van der Waals surface area contributed by atoms with E-state index in [1.54, 1.807) is 0 Å². The fourth-order valence-electron chi connectivity index (χ4n) is 0.817. The van der Waals surface area contributed by atoms with Crippen molar-refractivity contribution in [3.8, 4) is 0 Å². The summed E-state index contributed by atoms with van der Waals surface area (Å²) in [7, 11) is 0. The monoisotopic (exact) mass is 273 g/mol. The van der Waals surface area contributed by atoms with E-state index >= 15 is 0 Å². The lowest BCUT2D eigenvalue weighted by Crippen LogP contribution is -1.97. The zero-order valence-corrected chi connectivity index (χ0v) is 9.71. The van der Waals surface area contributed by atoms with Gasteiger partial charge in [0.2, 0.25) is 0 Å². The molecule has 0 aromatic heterocycles. The van der Waals surface area contributed by atoms with Gasteiger partial charge in [0.25, 0.3) is 0 Å². The van der Waals surface area contributed by atoms with Crippen molar-refractivity contribution in [1.82, 2.24) is 0 Å². The quantitative estimate of drug-likeness (QED) is 0.796. The lowest BCUT2D eigenvalue weighted by molar-refractivity contribution is 0.291. The third kappa shape index (κ3) is 3.38. The van der Waals surface area contributed by atoms with Gasteiger partial charge in [-0.15, -0.1) is 0 Å². The maximum absolute atomic E-state index is 10.1. The molecule has 0 aliphatic rings. The Labute approximate surface area is 98.4 Å². The molecule has 0 saturated carbocycles. The minimum Gasteiger partial charge on any atom is -0.750 e. The van der Waals surface area contributed by atoms with E-state index in [2.05, 4.69) is 4.18 Å². The van der Waals surface area contributed by atoms with Gasteiger partial charge in [0.05, 0.1) is 18.0 Å². The molecule has 0 bridgehead atoms. The highest BCUT2D eigenvalue weighted by atomic mass is 35.5. The number of benzene rings is 1. The molecule has 3 nitrogen and oxygen atoms in total. The van der Waals surface area contributed by atoms with Gasteiger partial charge in [-0.1, -0.05) is 34.8 Å². The first-order chi connectivity index (χ1) is 6.50. The number of halogens is 3. The van der Waals surface area contributed by atoms with Crippen molar-refractivity contribution in [2.45, 2.75) is 6.61 Å². The topological polar surface area (TPSA) is 49.4 Å². The number of hydrogen-bond acceptors (Lipinski definition) is 3. The van der Waals surface area contributed by atoms with Gasteiger partial charge in [-0.05, 0) is 12.1 Å². The fraction of sp³-hybridized carbons (Fsp3) is 0.143. The van der Waals surface area contributed by atoms with E-state index in [0.717, 1.165) is 0 Å². The van der Waals surface area contributed by atoms with Crippen molar-refractivity contribution in [3.63, 3.8) is 0 Å². The van der Waals surface area contributed by atoms with Gasteiger partial charge in [0.15, 0.2) is 0 Å². The molecule has 7 heteroatoms. The fourth-order valence-corrected chi connectivity index (χ4v) is 1.96. The molecule has 14 heavy (non-hydrogen) atoms. The summed E-state index contributed by atoms with van der Waals surface area (Å²) in [6.45, 7) is -0.203. The Balaban J connectivity index is 2.91. The van der Waals surface area contributed by atoms with Gasteiger partial charge in [-0.25, -0.2) is 4.21 Å². The summed E-state index contributed by atoms with van der Waals surface area (Å²) < 4.78 is 24.6. The van der Waals surface area contributed by atoms with Crippen LogP contribution in [-0.2, 0) is 22.2 Å². The van der Waals surface area contributed by atoms with E-state index in [0.29, 0.717) is 10.6 Å². The smallest absolute Gasteiger partial charge is 0.0908 e. The maximum atomic E-state index is 10.1. The van der Waals surface area contributed by atoms with Gasteiger partial charge in [-0.2, -0.15) is 0 Å². The molecule has 0 N–H and O–H groups in total. The lowest BCUT2D eigenvalue weighted by Gasteiger charge is -2.09. The molecule has 0 aliphatic heterocycles. The maximum Gasteiger partial charge on any atom is 0.0908 e. The van der Waals surface area contributed by atoms with E-state index in [4.69, 9.17) is 34.8 Å². The second kappa shape index (κ2) is 5.30. The predicted octanol–water partition coefficient (Wildman–Crippen LogP) is 2.96. The summed E-state index contributed by atoms with van der Waals surface area (Å²) in [6.07, 6.45) is 0. The van der Waals surface area contributed by atoms with E-state index in [9.17, 15) is 8.76 Å². The van der Waals surface area contributed by atoms with Crippen molar-refractivity contribution in [1.29, 1.82) is 0 Å². The van der Waals surface area contributed by atoms with Crippen molar-refractivity contribution in [2.75, 3.05) is 0 Å². The molecule has 1 aromatic carbocycles. The van der Waals surface area contributed by atoms with Crippen LogP contribution in [0.1, 0.15) is 5.56 Å². The summed E-state index contributed by atoms with van der Waals surface area (Å²) in [4.78, 5) is 0. The second-order valence-corrected chi connectivity index (χ2v) is 4.21. The molecule has 78 valence electrons. The minimum atomic E-state index is -2.59. The molecule has 0 fully saturated rings. The van der Waals surface area contributed by atoms with Gasteiger partial charge in [0.1, 0.15) is 0 Å². The Morgan fingerprint density at radius 1 is 1.29 bits per heavy atom. The zero-order valence-electron chi connectivity index (χ0n) is 6.63. The first kappa shape index (κ1) is 12.2. The molecular weight excluding hydrogens is 270 g/mol. The number of rotatable bonds is 3. The van der Waals surface area contributed by atoms with E-state index in [1.165, 1.54) is 12.1 Å². The minimum absolute atomic E-state index is 0.203. The van der Waals surface area contributed by atoms with Crippen LogP contribution in [0.5, 0.6) is 0 Å². The molecule has 0 saturated heterocycles. The van der Waals surface area contributed by atoms with Crippen molar-refractivity contribution in [3.05, 3.63) is 32.8 Å². The Bertz CT molecular complexity index is 346. The van der Waals surface area contributed by atoms with Crippen LogP contribution in [-0.4, -0.2) is 8.76 Å². The summed E-state index contributed by atoms with van der Waals surface area (Å²) in [5, 5.41) is 0.924. The molecule has 0 spiro atoms. The normalized spacial score (nSPS) is 12.9. The van der Waals surface area contributed by atoms with Crippen molar-refractivity contribution in [2.24, 2.45) is 0 Å². The van der Waals surface area contributed by atoms with Gasteiger partial charge >= 0.3 is 0 Å². The van der Waals surface area contributed by atoms with Crippen LogP contribution in [0.4, 0.5) is 0 Å². The van der Waals surface area contributed by atoms with E-state index in [-0.39, 0.29) is 16.7 Å². The molecular formula is C7H4Cl3O3S-. The average Bonchev–Trinajstić information content (AvgIpc) is 2.01. The highest BCUT2D eigenvalue weighted by Gasteiger charge is 2.07. The van der Waals surface area contributed by atoms with E-state index < -0.39 is 11.4 Å². The predicted molar refractivity (Wildman–Crippen MR) is 55.2 cm³/mol. The first-order valence-electron chi connectivity index (χ1n) is 3.36. The Kier molecular flexibility index (Phi) is 4.63. The third-order valence-electron chi connectivity index (χ3n) is 1.41. The van der Waals surface area contributed by atoms with Crippen LogP contribution in [0.25, 0.3) is 0 Å². The van der Waals surface area contributed by atoms with Crippen molar-refractivity contribution < 1.29 is 12.9 Å². The standard InChI is InChI=1S/C7H5Cl3O3S/c8-4-1-6(9)5(7(10)2-4)3-13-14(11)12/h1-2H,3H2,(H,11,12)/p-1. The van der Waals surface area contributed by atoms with Crippen LogP contribution < -0.4 is 0 Å². The second-order valence-electron chi connectivity index (χ2n) is 2.31. The first-order valence-corrected chi connectivity index (χ1v) is 5.50. The van der Waals surface area contributed by atoms with Gasteiger partial charge in [-0.3, -0.25) is 4.18 Å². The average molecular weight is 275 g/mol. The highest BCUT2D eigenvalue weighted by molar-refractivity contribution is 7.74. The van der Waals surface area contributed by atoms with Crippen LogP contribution in [0.2, 0.25) is 15.1 Å². The molecule has 1 rings (SSSR count). The molecule has 1 atom stereocenters. The third-order valence-corrected chi connectivity index (χ3v) is 2.61.